The van der Waals surface area contributed by atoms with Gasteiger partial charge in [-0.25, -0.2) is 14.4 Å². The number of halogens is 6. The van der Waals surface area contributed by atoms with E-state index in [0.29, 0.717) is 20.1 Å². The van der Waals surface area contributed by atoms with Crippen molar-refractivity contribution >= 4 is 88.0 Å². The fourth-order valence-corrected chi connectivity index (χ4v) is 4.50. The molecular formula is C34H53Cl6N2O6+. The van der Waals surface area contributed by atoms with Crippen LogP contribution in [0.15, 0.2) is 60.7 Å². The summed E-state index contributed by atoms with van der Waals surface area (Å²) in [6.07, 6.45) is 13.9. The summed E-state index contributed by atoms with van der Waals surface area (Å²) in [5, 5.41) is 24.6. The van der Waals surface area contributed by atoms with Gasteiger partial charge in [-0.3, -0.25) is 0 Å². The first kappa shape index (κ1) is 50.9. The van der Waals surface area contributed by atoms with Crippen molar-refractivity contribution in [1.29, 1.82) is 0 Å². The lowest BCUT2D eigenvalue weighted by Crippen LogP contribution is -2.59. The molecule has 2 rings (SSSR count). The predicted octanol–water partition coefficient (Wildman–Crippen LogP) is 11.7. The zero-order valence-electron chi connectivity index (χ0n) is 28.8. The van der Waals surface area contributed by atoms with Crippen LogP contribution in [0.4, 0.5) is 0 Å². The highest BCUT2D eigenvalue weighted by molar-refractivity contribution is 6.75. The van der Waals surface area contributed by atoms with Crippen LogP contribution >= 0.6 is 70.1 Å². The monoisotopic (exact) mass is 795 g/mol. The number of unbranched alkanes of at least 4 members (excludes halogenated alkanes) is 4. The minimum absolute atomic E-state index is 0.331. The molecule has 48 heavy (non-hydrogen) atoms. The highest BCUT2D eigenvalue weighted by atomic mass is 35.6. The summed E-state index contributed by atoms with van der Waals surface area (Å²) in [7, 11) is 4.94. The predicted molar refractivity (Wildman–Crippen MR) is 203 cm³/mol. The number of rotatable bonds is 14. The van der Waals surface area contributed by atoms with E-state index in [1.165, 1.54) is 75.2 Å². The molecule has 0 aliphatic carbocycles. The number of aromatic carboxylic acids is 2. The zero-order chi connectivity index (χ0) is 37.8. The Morgan fingerprint density at radius 3 is 1.12 bits per heavy atom. The highest BCUT2D eigenvalue weighted by Gasteiger charge is 2.42. The van der Waals surface area contributed by atoms with E-state index < -0.39 is 21.7 Å². The van der Waals surface area contributed by atoms with Gasteiger partial charge in [-0.05, 0) is 53.9 Å². The fraction of sp³-hybridized carbons (Fsp3) is 0.559. The first-order chi connectivity index (χ1) is 22.3. The molecule has 0 amide bonds. The maximum absolute atomic E-state index is 10.2. The standard InChI is InChI=1S/C18H40N.2C7H6O2.C2HCl3O2.Cl3N/c1-7-11-14-17-18(15-12-8-2,16-13-9-3)19(5,6)10-4;2*8-7(9)6-4-2-1-3-5-6;3-2(4,5)1(6)7;1-4(2)3/h7-17H2,1-6H3;2*1-5H,(H,8,9);(H,6,7);/q+1;;;;. The topological polar surface area (TPSA) is 115 Å². The van der Waals surface area contributed by atoms with Crippen LogP contribution in [0.25, 0.3) is 0 Å². The number of benzene rings is 2. The molecule has 0 aliphatic heterocycles. The average Bonchev–Trinajstić information content (AvgIpc) is 3.03. The third-order valence-corrected chi connectivity index (χ3v) is 8.08. The number of hydrogen-bond donors (Lipinski definition) is 3. The van der Waals surface area contributed by atoms with Gasteiger partial charge in [0.25, 0.3) is 3.79 Å². The van der Waals surface area contributed by atoms with Gasteiger partial charge < -0.3 is 19.8 Å². The number of quaternary nitrogens is 1. The molecular weight excluding hydrogens is 745 g/mol. The van der Waals surface area contributed by atoms with Crippen molar-refractivity contribution in [2.75, 3.05) is 20.6 Å². The molecule has 3 N–H and O–H groups in total. The van der Waals surface area contributed by atoms with Crippen molar-refractivity contribution in [3.05, 3.63) is 71.8 Å². The van der Waals surface area contributed by atoms with Crippen LogP contribution in [0.1, 0.15) is 113 Å². The Kier molecular flexibility index (Phi) is 31.0. The van der Waals surface area contributed by atoms with Gasteiger partial charge in [-0.15, -0.1) is 0 Å². The highest BCUT2D eigenvalue weighted by Crippen LogP contribution is 2.37. The van der Waals surface area contributed by atoms with Gasteiger partial charge in [-0.2, -0.15) is 0 Å². The Labute approximate surface area is 317 Å². The molecule has 0 aliphatic rings. The van der Waals surface area contributed by atoms with Crippen molar-refractivity contribution in [1.82, 2.24) is 3.46 Å². The average molecular weight is 799 g/mol. The number of carboxylic acids is 3. The number of carbonyl (C=O) groups is 3. The summed E-state index contributed by atoms with van der Waals surface area (Å²) in [6.45, 7) is 10.6. The smallest absolute Gasteiger partial charge is 0.356 e. The minimum Gasteiger partial charge on any atom is -0.478 e. The second-order valence-electron chi connectivity index (χ2n) is 11.2. The van der Waals surface area contributed by atoms with E-state index in [9.17, 15) is 14.4 Å². The van der Waals surface area contributed by atoms with Crippen molar-refractivity contribution < 1.29 is 34.2 Å². The number of carboxylic acid groups (broad SMARTS) is 3. The van der Waals surface area contributed by atoms with Crippen molar-refractivity contribution in [2.24, 2.45) is 0 Å². The van der Waals surface area contributed by atoms with Gasteiger partial charge in [0.1, 0.15) is 0 Å². The van der Waals surface area contributed by atoms with Crippen molar-refractivity contribution in [3.63, 3.8) is 0 Å². The normalized spacial score (nSPS) is 10.9. The third-order valence-electron chi connectivity index (χ3n) is 7.60. The number of nitrogens with zero attached hydrogens (tertiary/aromatic N) is 2. The molecule has 0 heterocycles. The SMILES string of the molecule is CCCCCC(CCCC)(CCCC)[N+](C)(C)CC.ClN(Cl)Cl.O=C(O)C(Cl)(Cl)Cl.O=C(O)c1ccccc1.O=C(O)c1ccccc1. The molecule has 0 atom stereocenters. The molecule has 276 valence electrons. The van der Waals surface area contributed by atoms with E-state index in [1.54, 1.807) is 60.7 Å². The quantitative estimate of drug-likeness (QED) is 0.0754. The molecule has 0 aromatic heterocycles. The molecule has 0 bridgehead atoms. The van der Waals surface area contributed by atoms with Crippen LogP contribution in [-0.2, 0) is 4.79 Å². The summed E-state index contributed by atoms with van der Waals surface area (Å²) < 4.78 is -0.531. The summed E-state index contributed by atoms with van der Waals surface area (Å²) in [5.41, 5.74) is 1.20. The summed E-state index contributed by atoms with van der Waals surface area (Å²) in [5.74, 6) is -3.22. The molecule has 0 spiro atoms. The third kappa shape index (κ3) is 26.4. The number of alkyl halides is 3. The second-order valence-corrected chi connectivity index (χ2v) is 15.0. The maximum atomic E-state index is 10.2. The van der Waals surface area contributed by atoms with E-state index in [1.807, 2.05) is 0 Å². The summed E-state index contributed by atoms with van der Waals surface area (Å²) in [4.78, 5) is 30.0. The van der Waals surface area contributed by atoms with Gasteiger partial charge in [0.05, 0.1) is 37.3 Å². The lowest BCUT2D eigenvalue weighted by Gasteiger charge is -2.49. The second kappa shape index (κ2) is 29.3. The minimum atomic E-state index is -2.17. The number of aliphatic carboxylic acids is 1. The van der Waals surface area contributed by atoms with Gasteiger partial charge in [-0.1, -0.05) is 118 Å². The Balaban J connectivity index is -0.000000584. The van der Waals surface area contributed by atoms with Crippen molar-refractivity contribution in [2.45, 2.75) is 101 Å². The first-order valence-electron chi connectivity index (χ1n) is 15.8. The van der Waals surface area contributed by atoms with Crippen molar-refractivity contribution in [3.8, 4) is 0 Å². The Morgan fingerprint density at radius 1 is 0.625 bits per heavy atom. The Hall–Kier alpha value is -1.49. The molecule has 8 nitrogen and oxygen atoms in total. The lowest BCUT2D eigenvalue weighted by atomic mass is 9.79. The summed E-state index contributed by atoms with van der Waals surface area (Å²) in [6, 6.07) is 16.6. The zero-order valence-corrected chi connectivity index (χ0v) is 33.3. The van der Waals surface area contributed by atoms with E-state index >= 15 is 0 Å². The van der Waals surface area contributed by atoms with E-state index in [4.69, 9.17) is 50.1 Å². The first-order valence-corrected chi connectivity index (χ1v) is 17.9. The van der Waals surface area contributed by atoms with E-state index in [0.717, 1.165) is 0 Å². The molecule has 0 fully saturated rings. The maximum Gasteiger partial charge on any atom is 0.356 e. The van der Waals surface area contributed by atoms with Gasteiger partial charge in [0, 0.05) is 54.6 Å². The van der Waals surface area contributed by atoms with Gasteiger partial charge >= 0.3 is 17.9 Å². The molecule has 2 aromatic rings. The number of hydrogen-bond acceptors (Lipinski definition) is 4. The van der Waals surface area contributed by atoms with Gasteiger partial charge in [0.15, 0.2) is 0 Å². The van der Waals surface area contributed by atoms with Crippen LogP contribution in [-0.4, -0.2) is 71.1 Å². The molecule has 0 saturated carbocycles. The van der Waals surface area contributed by atoms with Crippen LogP contribution < -0.4 is 0 Å². The lowest BCUT2D eigenvalue weighted by molar-refractivity contribution is -0.942. The fourth-order valence-electron chi connectivity index (χ4n) is 4.50. The van der Waals surface area contributed by atoms with E-state index in [-0.39, 0.29) is 0 Å². The Bertz CT molecular complexity index is 1040. The van der Waals surface area contributed by atoms with Crippen LogP contribution in [0.2, 0.25) is 0 Å². The van der Waals surface area contributed by atoms with E-state index in [2.05, 4.69) is 77.1 Å². The van der Waals surface area contributed by atoms with Crippen LogP contribution in [0.3, 0.4) is 0 Å². The molecule has 2 aromatic carbocycles. The van der Waals surface area contributed by atoms with Gasteiger partial charge in [0.2, 0.25) is 0 Å². The molecule has 0 unspecified atom stereocenters. The Morgan fingerprint density at radius 2 is 0.917 bits per heavy atom. The molecule has 0 saturated heterocycles. The largest absolute Gasteiger partial charge is 0.478 e. The molecule has 14 heteroatoms. The molecule has 0 radical (unpaired) electrons. The summed E-state index contributed by atoms with van der Waals surface area (Å²) >= 11 is 28.3. The van der Waals surface area contributed by atoms with Crippen LogP contribution in [0, 0.1) is 0 Å². The van der Waals surface area contributed by atoms with Crippen LogP contribution in [0.5, 0.6) is 0 Å².